The van der Waals surface area contributed by atoms with Gasteiger partial charge in [0.2, 0.25) is 11.8 Å². The Bertz CT molecular complexity index is 1740. The number of carbonyl (C=O) groups excluding carboxylic acids is 2. The van der Waals surface area contributed by atoms with Crippen molar-refractivity contribution in [3.05, 3.63) is 119 Å². The van der Waals surface area contributed by atoms with Crippen LogP contribution in [0, 0.1) is 0 Å². The first-order chi connectivity index (χ1) is 22.6. The summed E-state index contributed by atoms with van der Waals surface area (Å²) in [4.78, 5) is 30.1. The van der Waals surface area contributed by atoms with Crippen LogP contribution in [0.4, 0.5) is 5.69 Å². The molecular formula is C36H40BrN3O6S. The van der Waals surface area contributed by atoms with Gasteiger partial charge in [0.25, 0.3) is 10.0 Å². The Labute approximate surface area is 285 Å². The van der Waals surface area contributed by atoms with Gasteiger partial charge in [-0.05, 0) is 60.9 Å². The Kier molecular flexibility index (Phi) is 12.4. The van der Waals surface area contributed by atoms with Crippen LogP contribution in [-0.2, 0) is 32.6 Å². The number of ether oxygens (including phenoxy) is 2. The maximum Gasteiger partial charge on any atom is 0.264 e. The predicted molar refractivity (Wildman–Crippen MR) is 187 cm³/mol. The maximum atomic E-state index is 14.7. The zero-order valence-corrected chi connectivity index (χ0v) is 29.3. The summed E-state index contributed by atoms with van der Waals surface area (Å²) in [6.07, 6.45) is 0.919. The molecule has 9 nitrogen and oxygen atoms in total. The predicted octanol–water partition coefficient (Wildman–Crippen LogP) is 6.22. The summed E-state index contributed by atoms with van der Waals surface area (Å²) in [6.45, 7) is 3.32. The van der Waals surface area contributed by atoms with Gasteiger partial charge in [0.15, 0.2) is 0 Å². The third-order valence-electron chi connectivity index (χ3n) is 7.80. The average molecular weight is 723 g/mol. The normalized spacial score (nSPS) is 12.4. The van der Waals surface area contributed by atoms with Crippen molar-refractivity contribution in [3.8, 4) is 11.5 Å². The zero-order chi connectivity index (χ0) is 34.0. The van der Waals surface area contributed by atoms with E-state index in [2.05, 4.69) is 21.2 Å². The van der Waals surface area contributed by atoms with Crippen molar-refractivity contribution in [2.24, 2.45) is 0 Å². The second kappa shape index (κ2) is 16.5. The van der Waals surface area contributed by atoms with Gasteiger partial charge in [0, 0.05) is 29.5 Å². The Morgan fingerprint density at radius 1 is 0.851 bits per heavy atom. The molecule has 11 heteroatoms. The highest BCUT2D eigenvalue weighted by atomic mass is 79.9. The molecule has 0 spiro atoms. The molecule has 2 atom stereocenters. The first-order valence-corrected chi connectivity index (χ1v) is 17.5. The van der Waals surface area contributed by atoms with Crippen molar-refractivity contribution in [2.75, 3.05) is 25.1 Å². The molecule has 0 bridgehead atoms. The minimum absolute atomic E-state index is 0.00696. The summed E-state index contributed by atoms with van der Waals surface area (Å²) in [5, 5.41) is 3.05. The highest BCUT2D eigenvalue weighted by Gasteiger charge is 2.36. The monoisotopic (exact) mass is 721 g/mol. The molecule has 2 unspecified atom stereocenters. The molecule has 0 saturated carbocycles. The second-order valence-corrected chi connectivity index (χ2v) is 13.8. The molecule has 4 rings (SSSR count). The van der Waals surface area contributed by atoms with Gasteiger partial charge in [-0.2, -0.15) is 0 Å². The van der Waals surface area contributed by atoms with Crippen LogP contribution in [0.25, 0.3) is 0 Å². The lowest BCUT2D eigenvalue weighted by atomic mass is 10.0. The lowest BCUT2D eigenvalue weighted by Crippen LogP contribution is -2.54. The lowest BCUT2D eigenvalue weighted by molar-refractivity contribution is -0.140. The second-order valence-electron chi connectivity index (χ2n) is 11.0. The van der Waals surface area contributed by atoms with E-state index in [1.54, 1.807) is 30.3 Å². The van der Waals surface area contributed by atoms with E-state index in [4.69, 9.17) is 9.47 Å². The van der Waals surface area contributed by atoms with Crippen LogP contribution in [0.2, 0.25) is 0 Å². The molecule has 0 aliphatic heterocycles. The van der Waals surface area contributed by atoms with Crippen molar-refractivity contribution < 1.29 is 27.5 Å². The van der Waals surface area contributed by atoms with E-state index in [1.165, 1.54) is 37.3 Å². The summed E-state index contributed by atoms with van der Waals surface area (Å²) in [5.74, 6) is -0.293. The lowest BCUT2D eigenvalue weighted by Gasteiger charge is -2.34. The van der Waals surface area contributed by atoms with Crippen LogP contribution in [0.3, 0.4) is 0 Å². The van der Waals surface area contributed by atoms with Crippen LogP contribution in [-0.4, -0.2) is 58.0 Å². The first-order valence-electron chi connectivity index (χ1n) is 15.2. The van der Waals surface area contributed by atoms with E-state index in [0.717, 1.165) is 19.9 Å². The van der Waals surface area contributed by atoms with Crippen LogP contribution in [0.15, 0.2) is 112 Å². The van der Waals surface area contributed by atoms with Crippen molar-refractivity contribution in [1.29, 1.82) is 0 Å². The topological polar surface area (TPSA) is 105 Å². The fraction of sp³-hybridized carbons (Fsp3) is 0.278. The molecule has 47 heavy (non-hydrogen) atoms. The molecule has 0 fully saturated rings. The fourth-order valence-corrected chi connectivity index (χ4v) is 6.71. The molecule has 4 aromatic rings. The van der Waals surface area contributed by atoms with Crippen LogP contribution in [0.5, 0.6) is 11.5 Å². The highest BCUT2D eigenvalue weighted by molar-refractivity contribution is 9.10. The molecule has 2 amide bonds. The summed E-state index contributed by atoms with van der Waals surface area (Å²) in [7, 11) is -1.41. The van der Waals surface area contributed by atoms with Gasteiger partial charge in [-0.25, -0.2) is 8.42 Å². The number of nitrogens with zero attached hydrogens (tertiary/aromatic N) is 2. The smallest absolute Gasteiger partial charge is 0.264 e. The largest absolute Gasteiger partial charge is 0.497 e. The Morgan fingerprint density at radius 3 is 2.09 bits per heavy atom. The van der Waals surface area contributed by atoms with E-state index < -0.39 is 28.5 Å². The van der Waals surface area contributed by atoms with Gasteiger partial charge in [-0.15, -0.1) is 0 Å². The van der Waals surface area contributed by atoms with Crippen LogP contribution in [0.1, 0.15) is 31.4 Å². The molecule has 0 heterocycles. The van der Waals surface area contributed by atoms with Gasteiger partial charge in [-0.3, -0.25) is 13.9 Å². The summed E-state index contributed by atoms with van der Waals surface area (Å²) in [5.41, 5.74) is 1.75. The fourth-order valence-electron chi connectivity index (χ4n) is 5.01. The number of benzene rings is 4. The molecule has 1 N–H and O–H groups in total. The summed E-state index contributed by atoms with van der Waals surface area (Å²) < 4.78 is 41.5. The number of sulfonamides is 1. The Hall–Kier alpha value is -4.35. The van der Waals surface area contributed by atoms with Gasteiger partial charge in [0.05, 0.1) is 24.8 Å². The van der Waals surface area contributed by atoms with Crippen LogP contribution >= 0.6 is 15.9 Å². The van der Waals surface area contributed by atoms with Crippen molar-refractivity contribution in [3.63, 3.8) is 0 Å². The third kappa shape index (κ3) is 9.14. The van der Waals surface area contributed by atoms with E-state index in [0.29, 0.717) is 12.2 Å². The van der Waals surface area contributed by atoms with Gasteiger partial charge in [-0.1, -0.05) is 83.5 Å². The van der Waals surface area contributed by atoms with Crippen LogP contribution < -0.4 is 19.1 Å². The number of anilines is 1. The number of hydrogen-bond acceptors (Lipinski definition) is 6. The molecule has 0 saturated heterocycles. The minimum atomic E-state index is -4.30. The molecule has 0 aliphatic rings. The number of amides is 2. The molecule has 0 aromatic heterocycles. The third-order valence-corrected chi connectivity index (χ3v) is 10.1. The van der Waals surface area contributed by atoms with E-state index in [-0.39, 0.29) is 41.2 Å². The van der Waals surface area contributed by atoms with E-state index in [1.807, 2.05) is 68.4 Å². The van der Waals surface area contributed by atoms with Crippen molar-refractivity contribution >= 4 is 43.5 Å². The van der Waals surface area contributed by atoms with Crippen molar-refractivity contribution in [2.45, 2.75) is 50.2 Å². The summed E-state index contributed by atoms with van der Waals surface area (Å²) >= 11 is 3.46. The van der Waals surface area contributed by atoms with E-state index in [9.17, 15) is 18.0 Å². The maximum absolute atomic E-state index is 14.7. The number of rotatable bonds is 15. The van der Waals surface area contributed by atoms with Gasteiger partial charge < -0.3 is 19.7 Å². The Morgan fingerprint density at radius 2 is 1.49 bits per heavy atom. The standard InChI is InChI=1S/C36H40BrN3O6S/c1-5-26(2)38-36(42)33(22-27-12-8-6-9-13-27)39(24-28-16-18-29(37)19-17-28)35(41)25-40(47(43,44)31-14-10-7-11-15-31)32-23-30(45-3)20-21-34(32)46-4/h6-21,23,26,33H,5,22,24-25H2,1-4H3,(H,38,42). The number of nitrogens with one attached hydrogen (secondary N) is 1. The molecule has 4 aromatic carbocycles. The zero-order valence-electron chi connectivity index (χ0n) is 26.9. The average Bonchev–Trinajstić information content (AvgIpc) is 3.09. The van der Waals surface area contributed by atoms with Gasteiger partial charge >= 0.3 is 0 Å². The number of methoxy groups -OCH3 is 2. The minimum Gasteiger partial charge on any atom is -0.497 e. The van der Waals surface area contributed by atoms with Gasteiger partial charge in [0.1, 0.15) is 24.1 Å². The molecule has 248 valence electrons. The molecule has 0 radical (unpaired) electrons. The quantitative estimate of drug-likeness (QED) is 0.156. The number of halogens is 1. The Balaban J connectivity index is 1.86. The van der Waals surface area contributed by atoms with E-state index >= 15 is 0 Å². The molecular weight excluding hydrogens is 682 g/mol. The first kappa shape index (κ1) is 35.5. The SMILES string of the molecule is CCC(C)NC(=O)C(Cc1ccccc1)N(Cc1ccc(Br)cc1)C(=O)CN(c1cc(OC)ccc1OC)S(=O)(=O)c1ccccc1. The number of hydrogen-bond donors (Lipinski definition) is 1. The van der Waals surface area contributed by atoms with Crippen molar-refractivity contribution in [1.82, 2.24) is 10.2 Å². The molecule has 0 aliphatic carbocycles. The highest BCUT2D eigenvalue weighted by Crippen LogP contribution is 2.36. The number of carbonyl (C=O) groups is 2. The summed E-state index contributed by atoms with van der Waals surface area (Å²) in [6, 6.07) is 28.4.